The van der Waals surface area contributed by atoms with Gasteiger partial charge in [0.1, 0.15) is 11.4 Å². The zero-order valence-corrected chi connectivity index (χ0v) is 12.0. The Labute approximate surface area is 122 Å². The normalized spacial score (nSPS) is 17.2. The number of aromatic nitrogens is 2. The molecule has 1 saturated carbocycles. The van der Waals surface area contributed by atoms with E-state index < -0.39 is 5.60 Å². The summed E-state index contributed by atoms with van der Waals surface area (Å²) in [6, 6.07) is 4.82. The molecule has 1 aromatic carbocycles. The fraction of sp³-hybridized carbons (Fsp3) is 0.467. The molecule has 112 valence electrons. The van der Waals surface area contributed by atoms with E-state index in [-0.39, 0.29) is 11.6 Å². The summed E-state index contributed by atoms with van der Waals surface area (Å²) in [5.41, 5.74) is 6.14. The second-order valence-electron chi connectivity index (χ2n) is 5.33. The quantitative estimate of drug-likeness (QED) is 0.840. The van der Waals surface area contributed by atoms with Crippen molar-refractivity contribution in [3.63, 3.8) is 0 Å². The van der Waals surface area contributed by atoms with Crippen molar-refractivity contribution in [2.24, 2.45) is 0 Å². The van der Waals surface area contributed by atoms with Crippen LogP contribution in [0.1, 0.15) is 38.4 Å². The van der Waals surface area contributed by atoms with Crippen molar-refractivity contribution in [1.29, 1.82) is 0 Å². The smallest absolute Gasteiger partial charge is 0.261 e. The van der Waals surface area contributed by atoms with Crippen molar-refractivity contribution in [1.82, 2.24) is 10.1 Å². The second kappa shape index (κ2) is 5.37. The number of hydrogen-bond donors (Lipinski definition) is 2. The van der Waals surface area contributed by atoms with E-state index in [1.54, 1.807) is 12.1 Å². The van der Waals surface area contributed by atoms with E-state index in [4.69, 9.17) is 15.0 Å². The predicted molar refractivity (Wildman–Crippen MR) is 77.6 cm³/mol. The summed E-state index contributed by atoms with van der Waals surface area (Å²) in [5.74, 6) is 0.878. The lowest BCUT2D eigenvalue weighted by Gasteiger charge is -2.24. The average Bonchev–Trinajstić information content (AvgIpc) is 3.08. The van der Waals surface area contributed by atoms with Crippen LogP contribution in [0.15, 0.2) is 22.7 Å². The lowest BCUT2D eigenvalue weighted by Crippen LogP contribution is -2.27. The maximum atomic E-state index is 9.95. The molecule has 0 bridgehead atoms. The zero-order chi connectivity index (χ0) is 14.9. The minimum absolute atomic E-state index is 0.0297. The molecular weight excluding hydrogens is 270 g/mol. The molecule has 0 spiro atoms. The molecule has 0 aliphatic heterocycles. The Hall–Kier alpha value is -2.08. The molecule has 0 radical (unpaired) electrons. The first-order valence-corrected chi connectivity index (χ1v) is 7.21. The van der Waals surface area contributed by atoms with Gasteiger partial charge in [0.25, 0.3) is 5.89 Å². The minimum atomic E-state index is -0.445. The Kier molecular flexibility index (Phi) is 3.55. The maximum Gasteiger partial charge on any atom is 0.261 e. The first-order chi connectivity index (χ1) is 10.1. The van der Waals surface area contributed by atoms with Crippen molar-refractivity contribution >= 4 is 5.69 Å². The van der Waals surface area contributed by atoms with Crippen LogP contribution in [0, 0.1) is 0 Å². The van der Waals surface area contributed by atoms with Gasteiger partial charge in [-0.25, -0.2) is 0 Å². The van der Waals surface area contributed by atoms with E-state index in [0.29, 0.717) is 23.7 Å². The molecule has 6 heteroatoms. The van der Waals surface area contributed by atoms with Crippen LogP contribution in [-0.4, -0.2) is 21.9 Å². The number of aromatic hydroxyl groups is 1. The fourth-order valence-electron chi connectivity index (χ4n) is 2.90. The van der Waals surface area contributed by atoms with Gasteiger partial charge in [-0.2, -0.15) is 4.98 Å². The van der Waals surface area contributed by atoms with Crippen LogP contribution < -0.4 is 5.73 Å². The highest BCUT2D eigenvalue weighted by Crippen LogP contribution is 2.41. The molecular formula is C15H19N3O3. The van der Waals surface area contributed by atoms with Gasteiger partial charge in [0, 0.05) is 18.4 Å². The van der Waals surface area contributed by atoms with Crippen molar-refractivity contribution in [2.45, 2.75) is 38.2 Å². The standard InChI is InChI=1S/C15H19N3O3/c1-2-20-15(7-3-4-8-15)14-17-13(21-18-14)11-6-5-10(16)9-12(11)19/h5-6,9,19H,2-4,7-8,16H2,1H3. The van der Waals surface area contributed by atoms with Gasteiger partial charge in [-0.3, -0.25) is 0 Å². The molecule has 1 aliphatic rings. The monoisotopic (exact) mass is 289 g/mol. The number of ether oxygens (including phenoxy) is 1. The molecule has 1 heterocycles. The Balaban J connectivity index is 1.95. The number of rotatable bonds is 4. The molecule has 2 aromatic rings. The van der Waals surface area contributed by atoms with E-state index in [1.807, 2.05) is 6.92 Å². The third kappa shape index (κ3) is 2.47. The van der Waals surface area contributed by atoms with Gasteiger partial charge in [0.15, 0.2) is 0 Å². The molecule has 1 aromatic heterocycles. The van der Waals surface area contributed by atoms with E-state index in [0.717, 1.165) is 25.7 Å². The fourth-order valence-corrected chi connectivity index (χ4v) is 2.90. The SMILES string of the molecule is CCOC1(c2noc(-c3ccc(N)cc3O)n2)CCCC1. The molecule has 0 atom stereocenters. The lowest BCUT2D eigenvalue weighted by molar-refractivity contribution is -0.0469. The van der Waals surface area contributed by atoms with Gasteiger partial charge < -0.3 is 20.1 Å². The first kappa shape index (κ1) is 13.9. The summed E-state index contributed by atoms with van der Waals surface area (Å²) < 4.78 is 11.2. The third-order valence-corrected chi connectivity index (χ3v) is 3.92. The first-order valence-electron chi connectivity index (χ1n) is 7.21. The molecule has 3 rings (SSSR count). The van der Waals surface area contributed by atoms with Crippen LogP contribution in [0.4, 0.5) is 5.69 Å². The van der Waals surface area contributed by atoms with E-state index in [1.165, 1.54) is 6.07 Å². The molecule has 0 amide bonds. The Morgan fingerprint density at radius 2 is 2.14 bits per heavy atom. The summed E-state index contributed by atoms with van der Waals surface area (Å²) in [7, 11) is 0. The van der Waals surface area contributed by atoms with Gasteiger partial charge in [-0.1, -0.05) is 5.16 Å². The number of nitrogens with zero attached hydrogens (tertiary/aromatic N) is 2. The van der Waals surface area contributed by atoms with Crippen molar-refractivity contribution in [3.05, 3.63) is 24.0 Å². The van der Waals surface area contributed by atoms with Gasteiger partial charge in [0.05, 0.1) is 5.56 Å². The third-order valence-electron chi connectivity index (χ3n) is 3.92. The van der Waals surface area contributed by atoms with Gasteiger partial charge in [0.2, 0.25) is 5.82 Å². The van der Waals surface area contributed by atoms with Gasteiger partial charge >= 0.3 is 0 Å². The van der Waals surface area contributed by atoms with Gasteiger partial charge in [-0.15, -0.1) is 0 Å². The number of benzene rings is 1. The molecule has 1 aliphatic carbocycles. The summed E-state index contributed by atoms with van der Waals surface area (Å²) in [5, 5.41) is 14.0. The Bertz CT molecular complexity index is 633. The number of phenolic OH excluding ortho intramolecular Hbond substituents is 1. The predicted octanol–water partition coefficient (Wildman–Crippen LogP) is 2.83. The molecule has 3 N–H and O–H groups in total. The average molecular weight is 289 g/mol. The molecule has 6 nitrogen and oxygen atoms in total. The highest BCUT2D eigenvalue weighted by atomic mass is 16.5. The van der Waals surface area contributed by atoms with Crippen molar-refractivity contribution in [2.75, 3.05) is 12.3 Å². The van der Waals surface area contributed by atoms with Crippen molar-refractivity contribution < 1.29 is 14.4 Å². The van der Waals surface area contributed by atoms with Crippen LogP contribution in [0.3, 0.4) is 0 Å². The van der Waals surface area contributed by atoms with Crippen LogP contribution >= 0.6 is 0 Å². The summed E-state index contributed by atoms with van der Waals surface area (Å²) in [4.78, 5) is 4.44. The molecule has 1 fully saturated rings. The molecule has 0 unspecified atom stereocenters. The highest BCUT2D eigenvalue weighted by molar-refractivity contribution is 5.66. The van der Waals surface area contributed by atoms with E-state index in [2.05, 4.69) is 10.1 Å². The maximum absolute atomic E-state index is 9.95. The topological polar surface area (TPSA) is 94.4 Å². The lowest BCUT2D eigenvalue weighted by atomic mass is 10.0. The molecule has 0 saturated heterocycles. The molecule has 21 heavy (non-hydrogen) atoms. The number of phenols is 1. The van der Waals surface area contributed by atoms with E-state index in [9.17, 15) is 5.11 Å². The number of anilines is 1. The van der Waals surface area contributed by atoms with Gasteiger partial charge in [-0.05, 0) is 44.7 Å². The second-order valence-corrected chi connectivity index (χ2v) is 5.33. The highest BCUT2D eigenvalue weighted by Gasteiger charge is 2.41. The Morgan fingerprint density at radius 1 is 1.38 bits per heavy atom. The zero-order valence-electron chi connectivity index (χ0n) is 12.0. The number of nitrogens with two attached hydrogens (primary N) is 1. The minimum Gasteiger partial charge on any atom is -0.507 e. The summed E-state index contributed by atoms with van der Waals surface area (Å²) in [6.07, 6.45) is 3.98. The van der Waals surface area contributed by atoms with Crippen molar-refractivity contribution in [3.8, 4) is 17.2 Å². The largest absolute Gasteiger partial charge is 0.507 e. The van der Waals surface area contributed by atoms with Crippen LogP contribution in [0.5, 0.6) is 5.75 Å². The van der Waals surface area contributed by atoms with Crippen LogP contribution in [0.25, 0.3) is 11.5 Å². The Morgan fingerprint density at radius 3 is 2.81 bits per heavy atom. The summed E-state index contributed by atoms with van der Waals surface area (Å²) in [6.45, 7) is 2.57. The number of nitrogen functional groups attached to an aromatic ring is 1. The van der Waals surface area contributed by atoms with Crippen LogP contribution in [-0.2, 0) is 10.3 Å². The van der Waals surface area contributed by atoms with E-state index >= 15 is 0 Å². The number of hydrogen-bond acceptors (Lipinski definition) is 6. The summed E-state index contributed by atoms with van der Waals surface area (Å²) >= 11 is 0. The van der Waals surface area contributed by atoms with Crippen LogP contribution in [0.2, 0.25) is 0 Å².